The molecule has 1 aliphatic heterocycles. The van der Waals surface area contributed by atoms with Crippen LogP contribution in [0.3, 0.4) is 0 Å². The van der Waals surface area contributed by atoms with Crippen LogP contribution in [0, 0.1) is 0 Å². The van der Waals surface area contributed by atoms with Gasteiger partial charge in [0.05, 0.1) is 7.11 Å². The number of benzene rings is 2. The first kappa shape index (κ1) is 18.9. The number of hydrogen-bond donors (Lipinski definition) is 1. The van der Waals surface area contributed by atoms with Gasteiger partial charge in [0.25, 0.3) is 5.91 Å². The number of fused-ring (bicyclic) bond motifs is 1. The molecule has 0 aliphatic carbocycles. The van der Waals surface area contributed by atoms with Gasteiger partial charge in [0.15, 0.2) is 6.61 Å². The monoisotopic (exact) mass is 368 g/mol. The number of methoxy groups -OCH3 is 1. The Balaban J connectivity index is 1.82. The van der Waals surface area contributed by atoms with E-state index in [4.69, 9.17) is 9.47 Å². The van der Waals surface area contributed by atoms with E-state index in [1.54, 1.807) is 7.05 Å². The molecule has 0 radical (unpaired) electrons. The summed E-state index contributed by atoms with van der Waals surface area (Å²) in [7, 11) is 2.99. The maximum Gasteiger partial charge on any atom is 0.323 e. The second-order valence-electron chi connectivity index (χ2n) is 6.49. The van der Waals surface area contributed by atoms with Gasteiger partial charge in [-0.05, 0) is 23.6 Å². The molecule has 0 bridgehead atoms. The molecule has 0 saturated carbocycles. The predicted octanol–water partition coefficient (Wildman–Crippen LogP) is 1.91. The lowest BCUT2D eigenvalue weighted by Crippen LogP contribution is -2.45. The van der Waals surface area contributed by atoms with Crippen LogP contribution in [0.4, 0.5) is 0 Å². The fourth-order valence-corrected chi connectivity index (χ4v) is 3.32. The molecule has 1 N–H and O–H groups in total. The van der Waals surface area contributed by atoms with Crippen molar-refractivity contribution in [2.45, 2.75) is 25.6 Å². The molecule has 0 unspecified atom stereocenters. The van der Waals surface area contributed by atoms with Crippen LogP contribution >= 0.6 is 0 Å². The summed E-state index contributed by atoms with van der Waals surface area (Å²) in [5.74, 6) is 0.209. The van der Waals surface area contributed by atoms with E-state index in [1.165, 1.54) is 18.2 Å². The van der Waals surface area contributed by atoms with Crippen molar-refractivity contribution >= 4 is 11.9 Å². The molecule has 1 amide bonds. The standard InChI is InChI=1S/C21H24N2O4/c1-22-20(24)14-27-19-10-6-5-9-17(19)13-23-12-16-8-4-3-7-15(16)11-18(23)21(25)26-2/h3-10,18H,11-14H2,1-2H3,(H,22,24)/t18-/m1/s1. The third-order valence-corrected chi connectivity index (χ3v) is 4.80. The highest BCUT2D eigenvalue weighted by molar-refractivity contribution is 5.77. The number of carbonyl (C=O) groups excluding carboxylic acids is 2. The molecular weight excluding hydrogens is 344 g/mol. The minimum Gasteiger partial charge on any atom is -0.483 e. The molecule has 6 heteroatoms. The van der Waals surface area contributed by atoms with Gasteiger partial charge in [-0.1, -0.05) is 42.5 Å². The van der Waals surface area contributed by atoms with Crippen LogP contribution in [0.15, 0.2) is 48.5 Å². The third-order valence-electron chi connectivity index (χ3n) is 4.80. The molecule has 2 aromatic rings. The number of nitrogens with zero attached hydrogens (tertiary/aromatic N) is 1. The Morgan fingerprint density at radius 3 is 2.56 bits per heavy atom. The van der Waals surface area contributed by atoms with Crippen molar-refractivity contribution in [1.29, 1.82) is 0 Å². The van der Waals surface area contributed by atoms with E-state index in [1.807, 2.05) is 36.4 Å². The highest BCUT2D eigenvalue weighted by Gasteiger charge is 2.32. The number of esters is 1. The average Bonchev–Trinajstić information content (AvgIpc) is 2.71. The van der Waals surface area contributed by atoms with Crippen molar-refractivity contribution in [1.82, 2.24) is 10.2 Å². The van der Waals surface area contributed by atoms with Crippen LogP contribution in [0.5, 0.6) is 5.75 Å². The van der Waals surface area contributed by atoms with E-state index in [2.05, 4.69) is 22.3 Å². The summed E-state index contributed by atoms with van der Waals surface area (Å²) in [4.78, 5) is 26.0. The normalized spacial score (nSPS) is 16.3. The number of ether oxygens (including phenoxy) is 2. The van der Waals surface area contributed by atoms with Crippen LogP contribution in [0.1, 0.15) is 16.7 Å². The molecule has 142 valence electrons. The topological polar surface area (TPSA) is 67.9 Å². The lowest BCUT2D eigenvalue weighted by molar-refractivity contribution is -0.148. The Hall–Kier alpha value is -2.86. The van der Waals surface area contributed by atoms with Gasteiger partial charge in [0.1, 0.15) is 11.8 Å². The largest absolute Gasteiger partial charge is 0.483 e. The maximum absolute atomic E-state index is 12.4. The molecule has 1 heterocycles. The molecular formula is C21H24N2O4. The molecule has 2 aromatic carbocycles. The number of amides is 1. The predicted molar refractivity (Wildman–Crippen MR) is 101 cm³/mol. The Kier molecular flexibility index (Phi) is 6.08. The Labute approximate surface area is 159 Å². The number of nitrogens with one attached hydrogen (secondary N) is 1. The Morgan fingerprint density at radius 2 is 1.81 bits per heavy atom. The van der Waals surface area contributed by atoms with E-state index in [9.17, 15) is 9.59 Å². The first-order valence-corrected chi connectivity index (χ1v) is 8.92. The summed E-state index contributed by atoms with van der Waals surface area (Å²) in [5.41, 5.74) is 3.31. The first-order valence-electron chi connectivity index (χ1n) is 8.92. The van der Waals surface area contributed by atoms with Gasteiger partial charge in [-0.2, -0.15) is 0 Å². The van der Waals surface area contributed by atoms with Crippen molar-refractivity contribution in [3.05, 3.63) is 65.2 Å². The highest BCUT2D eigenvalue weighted by atomic mass is 16.5. The summed E-state index contributed by atoms with van der Waals surface area (Å²) in [6.45, 7) is 1.13. The summed E-state index contributed by atoms with van der Waals surface area (Å²) < 4.78 is 10.7. The number of rotatable bonds is 6. The Bertz CT molecular complexity index is 821. The molecule has 0 spiro atoms. The van der Waals surface area contributed by atoms with Gasteiger partial charge < -0.3 is 14.8 Å². The van der Waals surface area contributed by atoms with Crippen LogP contribution in [0.25, 0.3) is 0 Å². The zero-order valence-electron chi connectivity index (χ0n) is 15.6. The number of para-hydroxylation sites is 1. The lowest BCUT2D eigenvalue weighted by atomic mass is 9.93. The van der Waals surface area contributed by atoms with E-state index in [-0.39, 0.29) is 24.5 Å². The molecule has 6 nitrogen and oxygen atoms in total. The van der Waals surface area contributed by atoms with Crippen LogP contribution in [-0.2, 0) is 33.8 Å². The minimum absolute atomic E-state index is 0.0449. The van der Waals surface area contributed by atoms with Crippen molar-refractivity contribution in [3.8, 4) is 5.75 Å². The summed E-state index contributed by atoms with van der Waals surface area (Å²) in [6, 6.07) is 15.4. The van der Waals surface area contributed by atoms with Crippen molar-refractivity contribution in [2.75, 3.05) is 20.8 Å². The third kappa shape index (κ3) is 4.46. The second kappa shape index (κ2) is 8.68. The molecule has 0 fully saturated rings. The number of carbonyl (C=O) groups is 2. The van der Waals surface area contributed by atoms with E-state index >= 15 is 0 Å². The summed E-state index contributed by atoms with van der Waals surface area (Å²) in [6.07, 6.45) is 0.615. The molecule has 0 saturated heterocycles. The van der Waals surface area contributed by atoms with Crippen molar-refractivity contribution < 1.29 is 19.1 Å². The summed E-state index contributed by atoms with van der Waals surface area (Å²) in [5, 5.41) is 2.54. The average molecular weight is 368 g/mol. The Morgan fingerprint density at radius 1 is 1.11 bits per heavy atom. The zero-order valence-corrected chi connectivity index (χ0v) is 15.6. The SMILES string of the molecule is CNC(=O)COc1ccccc1CN1Cc2ccccc2C[C@@H]1C(=O)OC. The van der Waals surface area contributed by atoms with Gasteiger partial charge in [-0.25, -0.2) is 0 Å². The molecule has 1 atom stereocenters. The van der Waals surface area contributed by atoms with Gasteiger partial charge in [-0.3, -0.25) is 14.5 Å². The van der Waals surface area contributed by atoms with E-state index < -0.39 is 0 Å². The van der Waals surface area contributed by atoms with Gasteiger partial charge in [-0.15, -0.1) is 0 Å². The van der Waals surface area contributed by atoms with Crippen LogP contribution in [0.2, 0.25) is 0 Å². The number of likely N-dealkylation sites (N-methyl/N-ethyl adjacent to an activating group) is 1. The van der Waals surface area contributed by atoms with Gasteiger partial charge >= 0.3 is 5.97 Å². The van der Waals surface area contributed by atoms with Gasteiger partial charge in [0.2, 0.25) is 0 Å². The molecule has 0 aromatic heterocycles. The maximum atomic E-state index is 12.4. The molecule has 1 aliphatic rings. The smallest absolute Gasteiger partial charge is 0.323 e. The van der Waals surface area contributed by atoms with Crippen molar-refractivity contribution in [3.63, 3.8) is 0 Å². The van der Waals surface area contributed by atoms with E-state index in [0.29, 0.717) is 25.3 Å². The number of hydrogen-bond acceptors (Lipinski definition) is 5. The molecule has 3 rings (SSSR count). The van der Waals surface area contributed by atoms with Gasteiger partial charge in [0, 0.05) is 25.7 Å². The quantitative estimate of drug-likeness (QED) is 0.789. The fraction of sp³-hybridized carbons (Fsp3) is 0.333. The highest BCUT2D eigenvalue weighted by Crippen LogP contribution is 2.28. The zero-order chi connectivity index (χ0) is 19.2. The summed E-state index contributed by atoms with van der Waals surface area (Å²) >= 11 is 0. The lowest BCUT2D eigenvalue weighted by Gasteiger charge is -2.35. The minimum atomic E-state index is -0.350. The van der Waals surface area contributed by atoms with E-state index in [0.717, 1.165) is 5.56 Å². The van der Waals surface area contributed by atoms with Crippen LogP contribution in [-0.4, -0.2) is 43.6 Å². The first-order chi connectivity index (χ1) is 13.1. The van der Waals surface area contributed by atoms with Crippen LogP contribution < -0.4 is 10.1 Å². The fourth-order valence-electron chi connectivity index (χ4n) is 3.32. The molecule has 27 heavy (non-hydrogen) atoms. The second-order valence-corrected chi connectivity index (χ2v) is 6.49. The van der Waals surface area contributed by atoms with Crippen molar-refractivity contribution in [2.24, 2.45) is 0 Å².